The highest BCUT2D eigenvalue weighted by atomic mass is 16.4. The number of carboxylic acid groups (broad SMARTS) is 3. The van der Waals surface area contributed by atoms with Crippen LogP contribution in [-0.2, 0) is 20.8 Å². The predicted molar refractivity (Wildman–Crippen MR) is 119 cm³/mol. The number of nitrogens with one attached hydrogen (secondary N) is 2. The molecule has 2 aromatic rings. The monoisotopic (exact) mass is 465 g/mol. The Hall–Kier alpha value is -3.77. The van der Waals surface area contributed by atoms with Gasteiger partial charge in [0.05, 0.1) is 12.0 Å². The number of hydrogen-bond donors (Lipinski definition) is 7. The van der Waals surface area contributed by atoms with Crippen molar-refractivity contribution in [2.24, 2.45) is 17.4 Å². The first-order chi connectivity index (χ1) is 15.4. The molecule has 1 amide bonds. The van der Waals surface area contributed by atoms with E-state index in [4.69, 9.17) is 26.8 Å². The molecule has 0 saturated heterocycles. The molecule has 1 aromatic heterocycles. The van der Waals surface area contributed by atoms with Crippen molar-refractivity contribution < 1.29 is 34.5 Å². The summed E-state index contributed by atoms with van der Waals surface area (Å²) in [5.41, 5.74) is 11.6. The number of aromatic amines is 1. The maximum atomic E-state index is 11.2. The number of nitrogens with zero attached hydrogens (tertiary/aromatic N) is 1. The van der Waals surface area contributed by atoms with Gasteiger partial charge in [0.25, 0.3) is 5.91 Å². The SMILES string of the molecule is CC(C)CC(N)C(=O)O.NC(Cc1c[nH]cn1)C(=O)O.O=C(O)CNC(=O)c1ccccc1. The average molecular weight is 466 g/mol. The van der Waals surface area contributed by atoms with E-state index in [2.05, 4.69) is 15.3 Å². The highest BCUT2D eigenvalue weighted by Gasteiger charge is 2.13. The minimum absolute atomic E-state index is 0.263. The van der Waals surface area contributed by atoms with Gasteiger partial charge in [0, 0.05) is 18.2 Å². The van der Waals surface area contributed by atoms with Crippen molar-refractivity contribution in [2.75, 3.05) is 6.54 Å². The van der Waals surface area contributed by atoms with Gasteiger partial charge >= 0.3 is 17.9 Å². The van der Waals surface area contributed by atoms with Gasteiger partial charge < -0.3 is 37.1 Å². The highest BCUT2D eigenvalue weighted by molar-refractivity contribution is 5.95. The Morgan fingerprint density at radius 3 is 1.97 bits per heavy atom. The average Bonchev–Trinajstić information content (AvgIpc) is 3.26. The largest absolute Gasteiger partial charge is 0.480 e. The number of carbonyl (C=O) groups is 4. The number of rotatable bonds is 9. The third-order valence-corrected chi connectivity index (χ3v) is 3.78. The highest BCUT2D eigenvalue weighted by Crippen LogP contribution is 2.01. The summed E-state index contributed by atoms with van der Waals surface area (Å²) < 4.78 is 0. The van der Waals surface area contributed by atoms with Crippen molar-refractivity contribution in [3.63, 3.8) is 0 Å². The van der Waals surface area contributed by atoms with E-state index in [1.54, 1.807) is 36.5 Å². The Bertz CT molecular complexity index is 857. The van der Waals surface area contributed by atoms with Crippen LogP contribution in [-0.4, -0.2) is 67.7 Å². The molecule has 9 N–H and O–H groups in total. The Balaban J connectivity index is 0.000000475. The summed E-state index contributed by atoms with van der Waals surface area (Å²) in [5.74, 6) is -2.99. The van der Waals surface area contributed by atoms with Gasteiger partial charge in [-0.15, -0.1) is 0 Å². The van der Waals surface area contributed by atoms with Crippen LogP contribution in [0.4, 0.5) is 0 Å². The maximum absolute atomic E-state index is 11.2. The number of imidazole rings is 1. The lowest BCUT2D eigenvalue weighted by molar-refractivity contribution is -0.139. The number of hydrogen-bond acceptors (Lipinski definition) is 7. The molecule has 0 spiro atoms. The molecule has 2 unspecified atom stereocenters. The van der Waals surface area contributed by atoms with Crippen LogP contribution in [0.3, 0.4) is 0 Å². The number of H-pyrrole nitrogens is 1. The van der Waals surface area contributed by atoms with Crippen LogP contribution in [0.25, 0.3) is 0 Å². The lowest BCUT2D eigenvalue weighted by atomic mass is 10.1. The van der Waals surface area contributed by atoms with E-state index < -0.39 is 30.0 Å². The molecule has 0 bridgehead atoms. The summed E-state index contributed by atoms with van der Waals surface area (Å²) in [5, 5.41) is 27.3. The fraction of sp³-hybridized carbons (Fsp3) is 0.381. The van der Waals surface area contributed by atoms with Crippen molar-refractivity contribution in [1.29, 1.82) is 0 Å². The van der Waals surface area contributed by atoms with Gasteiger partial charge in [0.1, 0.15) is 18.6 Å². The summed E-state index contributed by atoms with van der Waals surface area (Å²) in [6, 6.07) is 6.91. The predicted octanol–water partition coefficient (Wildman–Crippen LogP) is 0.310. The van der Waals surface area contributed by atoms with Gasteiger partial charge in [-0.05, 0) is 24.5 Å². The van der Waals surface area contributed by atoms with Crippen LogP contribution in [0.5, 0.6) is 0 Å². The Kier molecular flexibility index (Phi) is 14.1. The van der Waals surface area contributed by atoms with E-state index in [9.17, 15) is 19.2 Å². The van der Waals surface area contributed by atoms with Crippen LogP contribution in [0.2, 0.25) is 0 Å². The van der Waals surface area contributed by atoms with Gasteiger partial charge in [-0.2, -0.15) is 0 Å². The number of carbonyl (C=O) groups excluding carboxylic acids is 1. The van der Waals surface area contributed by atoms with Crippen LogP contribution in [0.15, 0.2) is 42.9 Å². The fourth-order valence-electron chi connectivity index (χ4n) is 2.17. The molecule has 33 heavy (non-hydrogen) atoms. The first kappa shape index (κ1) is 29.2. The number of benzene rings is 1. The Labute approximate surface area is 191 Å². The zero-order valence-corrected chi connectivity index (χ0v) is 18.5. The zero-order chi connectivity index (χ0) is 25.4. The topological polar surface area (TPSA) is 222 Å². The second-order valence-electron chi connectivity index (χ2n) is 7.23. The summed E-state index contributed by atoms with van der Waals surface area (Å²) in [6.07, 6.45) is 3.93. The molecule has 0 radical (unpaired) electrons. The summed E-state index contributed by atoms with van der Waals surface area (Å²) in [6.45, 7) is 3.54. The van der Waals surface area contributed by atoms with E-state index in [0.29, 0.717) is 23.6 Å². The van der Waals surface area contributed by atoms with E-state index in [1.807, 2.05) is 13.8 Å². The second-order valence-corrected chi connectivity index (χ2v) is 7.23. The fourth-order valence-corrected chi connectivity index (χ4v) is 2.17. The number of aliphatic carboxylic acids is 3. The molecule has 0 aliphatic heterocycles. The number of carboxylic acids is 3. The molecule has 12 heteroatoms. The van der Waals surface area contributed by atoms with Crippen LogP contribution >= 0.6 is 0 Å². The molecule has 2 atom stereocenters. The maximum Gasteiger partial charge on any atom is 0.322 e. The molecule has 1 heterocycles. The van der Waals surface area contributed by atoms with Crippen LogP contribution in [0, 0.1) is 5.92 Å². The van der Waals surface area contributed by atoms with Crippen molar-refractivity contribution in [1.82, 2.24) is 15.3 Å². The summed E-state index contributed by atoms with van der Waals surface area (Å²) in [4.78, 5) is 48.2. The molecule has 0 aliphatic carbocycles. The Morgan fingerprint density at radius 2 is 1.58 bits per heavy atom. The molecule has 12 nitrogen and oxygen atoms in total. The minimum atomic E-state index is -1.05. The van der Waals surface area contributed by atoms with Crippen molar-refractivity contribution in [3.05, 3.63) is 54.1 Å². The molecule has 2 rings (SSSR count). The molecule has 0 saturated carbocycles. The van der Waals surface area contributed by atoms with E-state index >= 15 is 0 Å². The first-order valence-electron chi connectivity index (χ1n) is 9.93. The first-order valence-corrected chi connectivity index (χ1v) is 9.93. The summed E-state index contributed by atoms with van der Waals surface area (Å²) >= 11 is 0. The molecule has 182 valence electrons. The second kappa shape index (κ2) is 15.9. The number of amides is 1. The third-order valence-electron chi connectivity index (χ3n) is 3.78. The van der Waals surface area contributed by atoms with Gasteiger partial charge in [-0.3, -0.25) is 19.2 Å². The molecule has 0 fully saturated rings. The number of aromatic nitrogens is 2. The standard InChI is InChI=1S/C9H9NO3.C6H9N3O2.C6H13NO2/c11-8(12)6-10-9(13)7-4-2-1-3-5-7;7-5(6(10)11)1-4-2-8-3-9-4;1-4(2)3-5(7)6(8)9/h1-5H,6H2,(H,10,13)(H,11,12);2-3,5H,1,7H2,(H,8,9)(H,10,11);4-5H,3,7H2,1-2H3,(H,8,9). The van der Waals surface area contributed by atoms with E-state index in [0.717, 1.165) is 0 Å². The smallest absolute Gasteiger partial charge is 0.322 e. The lowest BCUT2D eigenvalue weighted by Gasteiger charge is -2.07. The zero-order valence-electron chi connectivity index (χ0n) is 18.5. The molecule has 1 aromatic carbocycles. The third kappa shape index (κ3) is 14.8. The normalized spacial score (nSPS) is 11.7. The minimum Gasteiger partial charge on any atom is -0.480 e. The van der Waals surface area contributed by atoms with Crippen molar-refractivity contribution in [2.45, 2.75) is 38.8 Å². The van der Waals surface area contributed by atoms with Gasteiger partial charge in [-0.1, -0.05) is 32.0 Å². The molecular weight excluding hydrogens is 434 g/mol. The van der Waals surface area contributed by atoms with Crippen molar-refractivity contribution in [3.8, 4) is 0 Å². The van der Waals surface area contributed by atoms with Crippen LogP contribution < -0.4 is 16.8 Å². The van der Waals surface area contributed by atoms with Gasteiger partial charge in [0.15, 0.2) is 0 Å². The quantitative estimate of drug-likeness (QED) is 0.268. The number of nitrogens with two attached hydrogens (primary N) is 2. The summed E-state index contributed by atoms with van der Waals surface area (Å²) in [7, 11) is 0. The van der Waals surface area contributed by atoms with E-state index in [-0.39, 0.29) is 18.9 Å². The van der Waals surface area contributed by atoms with Gasteiger partial charge in [-0.25, -0.2) is 4.98 Å². The van der Waals surface area contributed by atoms with E-state index in [1.165, 1.54) is 6.33 Å². The van der Waals surface area contributed by atoms with Crippen LogP contribution in [0.1, 0.15) is 36.3 Å². The van der Waals surface area contributed by atoms with Crippen molar-refractivity contribution >= 4 is 23.8 Å². The lowest BCUT2D eigenvalue weighted by Crippen LogP contribution is -2.32. The molecular formula is C21H31N5O7. The Morgan fingerprint density at radius 1 is 1.00 bits per heavy atom. The van der Waals surface area contributed by atoms with Gasteiger partial charge in [0.2, 0.25) is 0 Å². The molecule has 0 aliphatic rings.